The fourth-order valence-electron chi connectivity index (χ4n) is 2.59. The summed E-state index contributed by atoms with van der Waals surface area (Å²) in [5.74, 6) is -12.3. The van der Waals surface area contributed by atoms with Gasteiger partial charge in [0, 0.05) is 10.9 Å². The molecule has 0 bridgehead atoms. The Morgan fingerprint density at radius 3 is 2.34 bits per heavy atom. The van der Waals surface area contributed by atoms with Gasteiger partial charge in [0.05, 0.1) is 5.75 Å². The van der Waals surface area contributed by atoms with Crippen LogP contribution in [-0.2, 0) is 4.79 Å². The van der Waals surface area contributed by atoms with E-state index in [4.69, 9.17) is 0 Å². The lowest BCUT2D eigenvalue weighted by Crippen LogP contribution is -2.18. The highest BCUT2D eigenvalue weighted by atomic mass is 32.2. The van der Waals surface area contributed by atoms with Gasteiger partial charge < -0.3 is 10.3 Å². The van der Waals surface area contributed by atoms with Gasteiger partial charge in [-0.15, -0.1) is 10.2 Å². The maximum atomic E-state index is 13.6. The molecule has 0 radical (unpaired) electrons. The normalized spacial score (nSPS) is 11.3. The Hall–Kier alpha value is -3.28. The van der Waals surface area contributed by atoms with Crippen LogP contribution >= 0.6 is 11.8 Å². The number of halogens is 5. The van der Waals surface area contributed by atoms with Crippen molar-refractivity contribution >= 4 is 45.4 Å². The molecule has 12 heteroatoms. The van der Waals surface area contributed by atoms with Crippen molar-refractivity contribution < 1.29 is 26.7 Å². The summed E-state index contributed by atoms with van der Waals surface area (Å²) in [6.45, 7) is 0. The maximum absolute atomic E-state index is 13.6. The molecule has 0 saturated carbocycles. The Labute approximate surface area is 162 Å². The summed E-state index contributed by atoms with van der Waals surface area (Å²) in [6, 6.07) is 7.30. The number of amides is 1. The van der Waals surface area contributed by atoms with Gasteiger partial charge in [-0.05, 0) is 6.07 Å². The molecule has 2 aromatic carbocycles. The van der Waals surface area contributed by atoms with Gasteiger partial charge in [-0.3, -0.25) is 4.79 Å². The number of hydrogen-bond donors (Lipinski definition) is 2. The molecule has 0 unspecified atom stereocenters. The van der Waals surface area contributed by atoms with Crippen molar-refractivity contribution in [3.8, 4) is 0 Å². The molecule has 0 atom stereocenters. The highest BCUT2D eigenvalue weighted by molar-refractivity contribution is 7.99. The highest BCUT2D eigenvalue weighted by Crippen LogP contribution is 2.28. The first-order chi connectivity index (χ1) is 13.9. The first-order valence-corrected chi connectivity index (χ1v) is 8.90. The van der Waals surface area contributed by atoms with Crippen LogP contribution in [0.2, 0.25) is 0 Å². The van der Waals surface area contributed by atoms with Crippen molar-refractivity contribution in [3.05, 3.63) is 53.4 Å². The third kappa shape index (κ3) is 3.35. The lowest BCUT2D eigenvalue weighted by atomic mass is 10.2. The summed E-state index contributed by atoms with van der Waals surface area (Å²) in [6.07, 6.45) is 0. The molecular formula is C17H8F5N5OS. The summed E-state index contributed by atoms with van der Waals surface area (Å²) >= 11 is 0.773. The van der Waals surface area contributed by atoms with E-state index in [1.807, 2.05) is 24.3 Å². The Morgan fingerprint density at radius 2 is 1.62 bits per heavy atom. The number of nitrogens with one attached hydrogen (secondary N) is 2. The molecule has 1 amide bonds. The van der Waals surface area contributed by atoms with Gasteiger partial charge in [-0.25, -0.2) is 26.9 Å². The first-order valence-electron chi connectivity index (χ1n) is 7.92. The van der Waals surface area contributed by atoms with Crippen LogP contribution in [0.5, 0.6) is 0 Å². The summed E-state index contributed by atoms with van der Waals surface area (Å²) in [4.78, 5) is 19.1. The van der Waals surface area contributed by atoms with Crippen molar-refractivity contribution in [2.45, 2.75) is 5.16 Å². The zero-order valence-corrected chi connectivity index (χ0v) is 14.9. The number of anilines is 1. The highest BCUT2D eigenvalue weighted by Gasteiger charge is 2.26. The Morgan fingerprint density at radius 1 is 0.966 bits per heavy atom. The van der Waals surface area contributed by atoms with E-state index in [-0.39, 0.29) is 5.16 Å². The summed E-state index contributed by atoms with van der Waals surface area (Å²) in [5.41, 5.74) is 0.312. The lowest BCUT2D eigenvalue weighted by Gasteiger charge is -2.09. The smallest absolute Gasteiger partial charge is 0.235 e. The molecule has 0 aliphatic carbocycles. The molecule has 29 heavy (non-hydrogen) atoms. The lowest BCUT2D eigenvalue weighted by molar-refractivity contribution is -0.113. The fourth-order valence-corrected chi connectivity index (χ4v) is 3.17. The molecule has 2 N–H and O–H groups in total. The number of fused-ring (bicyclic) bond motifs is 3. The predicted molar refractivity (Wildman–Crippen MR) is 94.8 cm³/mol. The molecule has 2 heterocycles. The molecule has 4 aromatic rings. The van der Waals surface area contributed by atoms with E-state index in [0.717, 1.165) is 22.7 Å². The van der Waals surface area contributed by atoms with Crippen molar-refractivity contribution in [2.75, 3.05) is 11.1 Å². The van der Waals surface area contributed by atoms with Crippen LogP contribution in [0, 0.1) is 29.1 Å². The minimum Gasteiger partial charge on any atom is -0.338 e. The van der Waals surface area contributed by atoms with Crippen molar-refractivity contribution in [2.24, 2.45) is 0 Å². The standard InChI is InChI=1S/C17H8F5N5OS/c18-9-10(19)12(21)15(13(22)11(9)20)24-8(28)5-29-17-25-16-14(26-27-17)6-3-1-2-4-7(6)23-16/h1-4H,5H2,(H,24,28)(H,23,25,27). The van der Waals surface area contributed by atoms with Crippen LogP contribution in [0.25, 0.3) is 22.1 Å². The van der Waals surface area contributed by atoms with Gasteiger partial charge in [0.1, 0.15) is 11.2 Å². The summed E-state index contributed by atoms with van der Waals surface area (Å²) in [5, 5.41) is 10.5. The van der Waals surface area contributed by atoms with E-state index in [1.54, 1.807) is 5.32 Å². The van der Waals surface area contributed by atoms with Crippen LogP contribution in [0.3, 0.4) is 0 Å². The number of benzene rings is 2. The average Bonchev–Trinajstić information content (AvgIpc) is 3.10. The minimum absolute atomic E-state index is 0.0802. The molecular weight excluding hydrogens is 417 g/mol. The molecule has 0 aliphatic rings. The van der Waals surface area contributed by atoms with Crippen LogP contribution in [0.4, 0.5) is 27.6 Å². The van der Waals surface area contributed by atoms with Crippen LogP contribution < -0.4 is 5.32 Å². The van der Waals surface area contributed by atoms with Crippen molar-refractivity contribution in [1.29, 1.82) is 0 Å². The van der Waals surface area contributed by atoms with E-state index in [0.29, 0.717) is 11.2 Å². The molecule has 0 fully saturated rings. The van der Waals surface area contributed by atoms with E-state index in [2.05, 4.69) is 20.2 Å². The second-order valence-corrected chi connectivity index (χ2v) is 6.69. The van der Waals surface area contributed by atoms with E-state index in [9.17, 15) is 26.7 Å². The number of aromatic nitrogens is 4. The van der Waals surface area contributed by atoms with Gasteiger partial charge in [-0.2, -0.15) is 0 Å². The number of hydrogen-bond acceptors (Lipinski definition) is 5. The maximum Gasteiger partial charge on any atom is 0.235 e. The SMILES string of the molecule is O=C(CSc1nnc2c(n1)[nH]c1ccccc12)Nc1c(F)c(F)c(F)c(F)c1F. The Balaban J connectivity index is 1.51. The summed E-state index contributed by atoms with van der Waals surface area (Å²) < 4.78 is 66.7. The number of nitrogens with zero attached hydrogens (tertiary/aromatic N) is 3. The zero-order chi connectivity index (χ0) is 20.7. The number of rotatable bonds is 4. The van der Waals surface area contributed by atoms with E-state index >= 15 is 0 Å². The van der Waals surface area contributed by atoms with Gasteiger partial charge in [0.25, 0.3) is 0 Å². The quantitative estimate of drug-likeness (QED) is 0.224. The second-order valence-electron chi connectivity index (χ2n) is 5.74. The first kappa shape index (κ1) is 19.1. The zero-order valence-electron chi connectivity index (χ0n) is 14.1. The summed E-state index contributed by atoms with van der Waals surface area (Å²) in [7, 11) is 0. The Kier molecular flexibility index (Phi) is 4.78. The van der Waals surface area contributed by atoms with Crippen LogP contribution in [0.15, 0.2) is 29.4 Å². The monoisotopic (exact) mass is 425 g/mol. The molecule has 4 rings (SSSR count). The Bertz CT molecular complexity index is 1250. The van der Waals surface area contributed by atoms with Crippen LogP contribution in [0.1, 0.15) is 0 Å². The number of carbonyl (C=O) groups excluding carboxylic acids is 1. The number of para-hydroxylation sites is 1. The van der Waals surface area contributed by atoms with Gasteiger partial charge in [-0.1, -0.05) is 30.0 Å². The number of thioether (sulfide) groups is 1. The minimum atomic E-state index is -2.31. The van der Waals surface area contributed by atoms with Crippen molar-refractivity contribution in [3.63, 3.8) is 0 Å². The van der Waals surface area contributed by atoms with Gasteiger partial charge >= 0.3 is 0 Å². The largest absolute Gasteiger partial charge is 0.338 e. The number of H-pyrrole nitrogens is 1. The average molecular weight is 425 g/mol. The van der Waals surface area contributed by atoms with Gasteiger partial charge in [0.2, 0.25) is 16.9 Å². The molecule has 0 aliphatic heterocycles. The fraction of sp³-hybridized carbons (Fsp3) is 0.0588. The molecule has 0 saturated heterocycles. The van der Waals surface area contributed by atoms with E-state index in [1.165, 1.54) is 0 Å². The second kappa shape index (κ2) is 7.28. The number of carbonyl (C=O) groups is 1. The molecule has 2 aromatic heterocycles. The number of aromatic amines is 1. The van der Waals surface area contributed by atoms with Crippen molar-refractivity contribution in [1.82, 2.24) is 20.2 Å². The third-order valence-electron chi connectivity index (χ3n) is 3.91. The molecule has 148 valence electrons. The molecule has 0 spiro atoms. The van der Waals surface area contributed by atoms with E-state index < -0.39 is 46.4 Å². The topological polar surface area (TPSA) is 83.6 Å². The molecule has 6 nitrogen and oxygen atoms in total. The predicted octanol–water partition coefficient (Wildman–Crippen LogP) is 3.93. The van der Waals surface area contributed by atoms with Crippen LogP contribution in [-0.4, -0.2) is 31.8 Å². The third-order valence-corrected chi connectivity index (χ3v) is 4.75. The van der Waals surface area contributed by atoms with Gasteiger partial charge in [0.15, 0.2) is 28.9 Å².